The molecule has 0 atom stereocenters. The molecule has 0 bridgehead atoms. The van der Waals surface area contributed by atoms with Crippen LogP contribution in [0.5, 0.6) is 0 Å². The molecule has 1 aliphatic heterocycles. The average molecular weight is 296 g/mol. The summed E-state index contributed by atoms with van der Waals surface area (Å²) in [7, 11) is 0. The van der Waals surface area contributed by atoms with E-state index in [4.69, 9.17) is 4.42 Å². The third-order valence-electron chi connectivity index (χ3n) is 3.95. The van der Waals surface area contributed by atoms with Crippen LogP contribution in [0.3, 0.4) is 0 Å². The Morgan fingerprint density at radius 1 is 1.27 bits per heavy atom. The second-order valence-electron chi connectivity index (χ2n) is 5.29. The summed E-state index contributed by atoms with van der Waals surface area (Å²) in [6, 6.07) is 11.4. The van der Waals surface area contributed by atoms with Gasteiger partial charge >= 0.3 is 11.4 Å². The minimum Gasteiger partial charge on any atom is -0.383 e. The van der Waals surface area contributed by atoms with Crippen LogP contribution in [-0.2, 0) is 17.8 Å². The van der Waals surface area contributed by atoms with Crippen molar-refractivity contribution in [3.05, 3.63) is 58.7 Å². The van der Waals surface area contributed by atoms with Crippen LogP contribution in [-0.4, -0.2) is 17.4 Å². The average Bonchev–Trinajstić information content (AvgIpc) is 3.10. The molecule has 0 unspecified atom stereocenters. The first kappa shape index (κ1) is 12.8. The van der Waals surface area contributed by atoms with Crippen molar-refractivity contribution in [1.82, 2.24) is 4.98 Å². The maximum Gasteiger partial charge on any atom is 0.510 e. The number of amides is 1. The first-order chi connectivity index (χ1) is 10.7. The summed E-state index contributed by atoms with van der Waals surface area (Å²) in [5.74, 6) is -0.529. The molecular weight excluding hydrogens is 282 g/mol. The second kappa shape index (κ2) is 4.84. The van der Waals surface area contributed by atoms with Crippen LogP contribution in [0.2, 0.25) is 0 Å². The molecule has 0 fully saturated rings. The molecule has 1 aromatic carbocycles. The van der Waals surface area contributed by atoms with Crippen LogP contribution in [0.25, 0.3) is 11.2 Å². The van der Waals surface area contributed by atoms with Crippen LogP contribution in [0.15, 0.2) is 51.8 Å². The van der Waals surface area contributed by atoms with E-state index in [0.29, 0.717) is 17.8 Å². The monoisotopic (exact) mass is 296 g/mol. The van der Waals surface area contributed by atoms with Gasteiger partial charge in [0, 0.05) is 12.2 Å². The van der Waals surface area contributed by atoms with E-state index in [-0.39, 0.29) is 12.5 Å². The van der Waals surface area contributed by atoms with Crippen molar-refractivity contribution >= 4 is 22.8 Å². The van der Waals surface area contributed by atoms with Gasteiger partial charge in [-0.2, -0.15) is 9.78 Å². The number of H-pyrrole nitrogens is 1. The fourth-order valence-electron chi connectivity index (χ4n) is 2.93. The van der Waals surface area contributed by atoms with Gasteiger partial charge in [0.15, 0.2) is 6.54 Å². The smallest absolute Gasteiger partial charge is 0.383 e. The number of anilines is 1. The van der Waals surface area contributed by atoms with E-state index in [9.17, 15) is 9.59 Å². The number of para-hydroxylation sites is 1. The Bertz CT molecular complexity index is 926. The van der Waals surface area contributed by atoms with Crippen LogP contribution in [0, 0.1) is 0 Å². The highest BCUT2D eigenvalue weighted by atomic mass is 16.4. The zero-order valence-corrected chi connectivity index (χ0v) is 11.8. The minimum atomic E-state index is -0.520. The quantitative estimate of drug-likeness (QED) is 0.717. The van der Waals surface area contributed by atoms with Crippen molar-refractivity contribution in [2.75, 3.05) is 11.4 Å². The number of carbonyl (C=O) groups is 1. The van der Waals surface area contributed by atoms with Gasteiger partial charge in [0.25, 0.3) is 5.91 Å². The van der Waals surface area contributed by atoms with Gasteiger partial charge in [0.1, 0.15) is 0 Å². The molecule has 0 radical (unpaired) electrons. The Hall–Kier alpha value is -2.89. The van der Waals surface area contributed by atoms with Gasteiger partial charge in [-0.15, -0.1) is 0 Å². The molecule has 3 heterocycles. The SMILES string of the molecule is O=C(C[n+]1cccc2oc(=O)[nH]c21)N1CCc2ccccc21. The third-order valence-corrected chi connectivity index (χ3v) is 3.95. The van der Waals surface area contributed by atoms with E-state index in [1.54, 1.807) is 27.8 Å². The third kappa shape index (κ3) is 2.00. The van der Waals surface area contributed by atoms with Crippen LogP contribution in [0.1, 0.15) is 5.56 Å². The zero-order valence-electron chi connectivity index (χ0n) is 11.8. The van der Waals surface area contributed by atoms with Crippen LogP contribution >= 0.6 is 0 Å². The predicted molar refractivity (Wildman–Crippen MR) is 79.5 cm³/mol. The molecule has 22 heavy (non-hydrogen) atoms. The summed E-state index contributed by atoms with van der Waals surface area (Å²) in [6.07, 6.45) is 2.63. The Kier molecular flexibility index (Phi) is 2.82. The van der Waals surface area contributed by atoms with Gasteiger partial charge in [-0.1, -0.05) is 18.2 Å². The molecule has 0 spiro atoms. The summed E-state index contributed by atoms with van der Waals surface area (Å²) in [5, 5.41) is 0. The highest BCUT2D eigenvalue weighted by molar-refractivity contribution is 5.94. The minimum absolute atomic E-state index is 0.00972. The lowest BCUT2D eigenvalue weighted by Crippen LogP contribution is -2.45. The highest BCUT2D eigenvalue weighted by Crippen LogP contribution is 2.27. The summed E-state index contributed by atoms with van der Waals surface area (Å²) >= 11 is 0. The molecule has 110 valence electrons. The van der Waals surface area contributed by atoms with E-state index in [1.165, 1.54) is 5.56 Å². The topological polar surface area (TPSA) is 70.2 Å². The molecule has 0 saturated carbocycles. The van der Waals surface area contributed by atoms with E-state index in [2.05, 4.69) is 4.98 Å². The Morgan fingerprint density at radius 3 is 3.05 bits per heavy atom. The van der Waals surface area contributed by atoms with Gasteiger partial charge in [0.2, 0.25) is 5.58 Å². The predicted octanol–water partition coefficient (Wildman–Crippen LogP) is 0.998. The normalized spacial score (nSPS) is 13.5. The number of benzene rings is 1. The number of nitrogens with zero attached hydrogens (tertiary/aromatic N) is 2. The lowest BCUT2D eigenvalue weighted by molar-refractivity contribution is -0.660. The molecule has 2 aromatic heterocycles. The Balaban J connectivity index is 1.66. The van der Waals surface area contributed by atoms with Crippen molar-refractivity contribution in [2.24, 2.45) is 0 Å². The van der Waals surface area contributed by atoms with E-state index >= 15 is 0 Å². The summed E-state index contributed by atoms with van der Waals surface area (Å²) in [6.45, 7) is 0.845. The van der Waals surface area contributed by atoms with Crippen molar-refractivity contribution in [2.45, 2.75) is 13.0 Å². The molecule has 0 aliphatic carbocycles. The van der Waals surface area contributed by atoms with Gasteiger partial charge in [-0.05, 0) is 30.2 Å². The number of fused-ring (bicyclic) bond motifs is 2. The molecule has 3 aromatic rings. The summed E-state index contributed by atoms with van der Waals surface area (Å²) < 4.78 is 6.71. The van der Waals surface area contributed by atoms with Crippen molar-refractivity contribution < 1.29 is 13.8 Å². The molecule has 1 aliphatic rings. The van der Waals surface area contributed by atoms with Crippen LogP contribution in [0.4, 0.5) is 5.69 Å². The van der Waals surface area contributed by atoms with E-state index < -0.39 is 5.76 Å². The number of hydrogen-bond donors (Lipinski definition) is 1. The number of oxazole rings is 1. The van der Waals surface area contributed by atoms with Gasteiger partial charge in [0.05, 0.1) is 6.20 Å². The van der Waals surface area contributed by atoms with E-state index in [0.717, 1.165) is 12.1 Å². The van der Waals surface area contributed by atoms with E-state index in [1.807, 2.05) is 24.3 Å². The maximum absolute atomic E-state index is 12.6. The standard InChI is InChI=1S/C16H13N3O3/c20-14(19-9-7-11-4-1-2-5-12(11)19)10-18-8-3-6-13-15(18)17-16(21)22-13/h1-6,8H,7,9-10H2/p+1. The fraction of sp³-hybridized carbons (Fsp3) is 0.188. The number of carbonyl (C=O) groups excluding carboxylic acids is 1. The number of rotatable bonds is 2. The lowest BCUT2D eigenvalue weighted by Gasteiger charge is -2.16. The number of hydrogen-bond acceptors (Lipinski definition) is 3. The van der Waals surface area contributed by atoms with Gasteiger partial charge < -0.3 is 9.32 Å². The Morgan fingerprint density at radius 2 is 2.14 bits per heavy atom. The summed E-state index contributed by atoms with van der Waals surface area (Å²) in [4.78, 5) is 28.3. The van der Waals surface area contributed by atoms with Crippen LogP contribution < -0.4 is 15.2 Å². The maximum atomic E-state index is 12.6. The van der Waals surface area contributed by atoms with Crippen molar-refractivity contribution in [1.29, 1.82) is 0 Å². The number of nitrogens with one attached hydrogen (secondary N) is 1. The molecule has 0 saturated heterocycles. The molecule has 6 nitrogen and oxygen atoms in total. The largest absolute Gasteiger partial charge is 0.510 e. The van der Waals surface area contributed by atoms with Crippen molar-refractivity contribution in [3.63, 3.8) is 0 Å². The molecule has 1 N–H and O–H groups in total. The van der Waals surface area contributed by atoms with Crippen molar-refractivity contribution in [3.8, 4) is 0 Å². The molecule has 6 heteroatoms. The zero-order chi connectivity index (χ0) is 15.1. The highest BCUT2D eigenvalue weighted by Gasteiger charge is 2.26. The van der Waals surface area contributed by atoms with Gasteiger partial charge in [-0.3, -0.25) is 4.79 Å². The molecule has 4 rings (SSSR count). The number of aromatic nitrogens is 2. The molecule has 1 amide bonds. The first-order valence-electron chi connectivity index (χ1n) is 7.12. The summed E-state index contributed by atoms with van der Waals surface area (Å²) in [5.41, 5.74) is 3.13. The number of pyridine rings is 1. The van der Waals surface area contributed by atoms with Gasteiger partial charge in [-0.25, -0.2) is 4.57 Å². The fourth-order valence-corrected chi connectivity index (χ4v) is 2.93. The number of aromatic amines is 1. The first-order valence-corrected chi connectivity index (χ1v) is 7.12. The Labute approximate surface area is 125 Å². The lowest BCUT2D eigenvalue weighted by atomic mass is 10.2. The molecular formula is C16H14N3O3+. The second-order valence-corrected chi connectivity index (χ2v) is 5.29.